The maximum atomic E-state index is 12.4. The molecule has 2 aliphatic heterocycles. The number of carbonyl (C=O) groups is 2. The Bertz CT molecular complexity index is 629. The molecule has 3 rings (SSSR count). The lowest BCUT2D eigenvalue weighted by Gasteiger charge is -2.22. The number of anilines is 1. The van der Waals surface area contributed by atoms with E-state index in [0.29, 0.717) is 24.1 Å². The van der Waals surface area contributed by atoms with Crippen LogP contribution < -0.4 is 9.64 Å². The van der Waals surface area contributed by atoms with Crippen LogP contribution in [-0.2, 0) is 9.59 Å². The molecule has 2 saturated heterocycles. The van der Waals surface area contributed by atoms with Crippen LogP contribution in [0.2, 0.25) is 0 Å². The van der Waals surface area contributed by atoms with Crippen molar-refractivity contribution in [2.45, 2.75) is 25.8 Å². The summed E-state index contributed by atoms with van der Waals surface area (Å²) >= 11 is 0. The maximum absolute atomic E-state index is 12.4. The van der Waals surface area contributed by atoms with Crippen LogP contribution >= 0.6 is 0 Å². The quantitative estimate of drug-likeness (QED) is 0.813. The highest BCUT2D eigenvalue weighted by Gasteiger charge is 2.33. The van der Waals surface area contributed by atoms with Gasteiger partial charge in [0, 0.05) is 37.8 Å². The largest absolute Gasteiger partial charge is 0.484 e. The van der Waals surface area contributed by atoms with Crippen molar-refractivity contribution in [3.63, 3.8) is 0 Å². The third kappa shape index (κ3) is 3.95. The minimum Gasteiger partial charge on any atom is -0.484 e. The molecule has 1 aromatic carbocycles. The zero-order chi connectivity index (χ0) is 18.0. The van der Waals surface area contributed by atoms with Gasteiger partial charge in [-0.15, -0.1) is 0 Å². The van der Waals surface area contributed by atoms with Crippen LogP contribution in [0.25, 0.3) is 0 Å². The van der Waals surface area contributed by atoms with Gasteiger partial charge in [0.1, 0.15) is 5.75 Å². The molecular weight excluding hydrogens is 318 g/mol. The lowest BCUT2D eigenvalue weighted by Crippen LogP contribution is -2.37. The topological polar surface area (TPSA) is 53.1 Å². The molecular formula is C19H27N3O3. The molecule has 2 heterocycles. The van der Waals surface area contributed by atoms with Crippen LogP contribution in [0.4, 0.5) is 5.69 Å². The van der Waals surface area contributed by atoms with E-state index in [4.69, 9.17) is 4.74 Å². The summed E-state index contributed by atoms with van der Waals surface area (Å²) in [5, 5.41) is 0. The number of carbonyl (C=O) groups excluding carboxylic acids is 2. The van der Waals surface area contributed by atoms with E-state index in [1.165, 1.54) is 0 Å². The molecule has 0 N–H and O–H groups in total. The molecule has 25 heavy (non-hydrogen) atoms. The molecule has 6 nitrogen and oxygen atoms in total. The Balaban J connectivity index is 1.52. The molecule has 0 saturated carbocycles. The average Bonchev–Trinajstić information content (AvgIpc) is 3.19. The van der Waals surface area contributed by atoms with Crippen LogP contribution in [0, 0.1) is 5.92 Å². The van der Waals surface area contributed by atoms with Crippen molar-refractivity contribution in [3.8, 4) is 5.75 Å². The van der Waals surface area contributed by atoms with Crippen molar-refractivity contribution in [1.82, 2.24) is 9.80 Å². The molecule has 0 spiro atoms. The molecule has 0 bridgehead atoms. The minimum absolute atomic E-state index is 0.0231. The second-order valence-corrected chi connectivity index (χ2v) is 7.24. The standard InChI is InChI=1S/C19H27N3O3/c1-14-11-21(12-17(14)20(2)3)19(24)13-25-16-8-6-15(7-9-16)22-10-4-5-18(22)23/h6-9,14,17H,4-5,10-13H2,1-3H3. The van der Waals surface area contributed by atoms with Gasteiger partial charge >= 0.3 is 0 Å². The number of benzene rings is 1. The first-order valence-electron chi connectivity index (χ1n) is 8.93. The Kier molecular flexibility index (Phi) is 5.27. The van der Waals surface area contributed by atoms with Crippen molar-refractivity contribution in [1.29, 1.82) is 0 Å². The first-order chi connectivity index (χ1) is 12.0. The molecule has 136 valence electrons. The Morgan fingerprint density at radius 3 is 2.52 bits per heavy atom. The molecule has 2 unspecified atom stereocenters. The highest BCUT2D eigenvalue weighted by atomic mass is 16.5. The molecule has 0 aromatic heterocycles. The summed E-state index contributed by atoms with van der Waals surface area (Å²) in [5.41, 5.74) is 0.892. The Morgan fingerprint density at radius 1 is 1.24 bits per heavy atom. The number of hydrogen-bond acceptors (Lipinski definition) is 4. The van der Waals surface area contributed by atoms with Crippen molar-refractivity contribution in [3.05, 3.63) is 24.3 Å². The number of nitrogens with zero attached hydrogens (tertiary/aromatic N) is 3. The first-order valence-corrected chi connectivity index (χ1v) is 8.93. The van der Waals surface area contributed by atoms with E-state index in [-0.39, 0.29) is 18.4 Å². The van der Waals surface area contributed by atoms with Crippen LogP contribution in [-0.4, -0.2) is 68.0 Å². The minimum atomic E-state index is 0.0231. The molecule has 2 fully saturated rings. The van der Waals surface area contributed by atoms with Crippen LogP contribution in [0.5, 0.6) is 5.75 Å². The zero-order valence-electron chi connectivity index (χ0n) is 15.3. The Morgan fingerprint density at radius 2 is 1.96 bits per heavy atom. The SMILES string of the molecule is CC1CN(C(=O)COc2ccc(N3CCCC3=O)cc2)CC1N(C)C. The second-order valence-electron chi connectivity index (χ2n) is 7.24. The summed E-state index contributed by atoms with van der Waals surface area (Å²) in [6.45, 7) is 4.54. The number of hydrogen-bond donors (Lipinski definition) is 0. The normalized spacial score (nSPS) is 23.6. The van der Waals surface area contributed by atoms with Gasteiger partial charge in [-0.2, -0.15) is 0 Å². The second kappa shape index (κ2) is 7.44. The van der Waals surface area contributed by atoms with Gasteiger partial charge in [0.25, 0.3) is 5.91 Å². The molecule has 0 aliphatic carbocycles. The van der Waals surface area contributed by atoms with Gasteiger partial charge < -0.3 is 19.4 Å². The molecule has 2 amide bonds. The van der Waals surface area contributed by atoms with Gasteiger partial charge in [0.05, 0.1) is 0 Å². The number of amides is 2. The van der Waals surface area contributed by atoms with Crippen molar-refractivity contribution >= 4 is 17.5 Å². The molecule has 2 aliphatic rings. The lowest BCUT2D eigenvalue weighted by atomic mass is 10.1. The van der Waals surface area contributed by atoms with E-state index in [1.807, 2.05) is 29.2 Å². The third-order valence-corrected chi connectivity index (χ3v) is 5.17. The summed E-state index contributed by atoms with van der Waals surface area (Å²) in [7, 11) is 4.11. The fourth-order valence-corrected chi connectivity index (χ4v) is 3.71. The van der Waals surface area contributed by atoms with Crippen LogP contribution in [0.1, 0.15) is 19.8 Å². The van der Waals surface area contributed by atoms with Crippen LogP contribution in [0.3, 0.4) is 0 Å². The van der Waals surface area contributed by atoms with E-state index in [9.17, 15) is 9.59 Å². The zero-order valence-corrected chi connectivity index (χ0v) is 15.3. The van der Waals surface area contributed by atoms with Crippen LogP contribution in [0.15, 0.2) is 24.3 Å². The summed E-state index contributed by atoms with van der Waals surface area (Å²) in [6.07, 6.45) is 1.53. The van der Waals surface area contributed by atoms with E-state index >= 15 is 0 Å². The summed E-state index contributed by atoms with van der Waals surface area (Å²) in [4.78, 5) is 30.0. The molecule has 0 radical (unpaired) electrons. The monoisotopic (exact) mass is 345 g/mol. The smallest absolute Gasteiger partial charge is 0.260 e. The van der Waals surface area contributed by atoms with Gasteiger partial charge in [-0.3, -0.25) is 9.59 Å². The lowest BCUT2D eigenvalue weighted by molar-refractivity contribution is -0.132. The van der Waals surface area contributed by atoms with E-state index in [2.05, 4.69) is 25.9 Å². The van der Waals surface area contributed by atoms with Gasteiger partial charge in [-0.05, 0) is 50.7 Å². The predicted molar refractivity (Wildman–Crippen MR) is 96.7 cm³/mol. The number of likely N-dealkylation sites (N-methyl/N-ethyl adjacent to an activating group) is 1. The van der Waals surface area contributed by atoms with E-state index < -0.39 is 0 Å². The van der Waals surface area contributed by atoms with Gasteiger partial charge in [0.15, 0.2) is 6.61 Å². The highest BCUT2D eigenvalue weighted by molar-refractivity contribution is 5.95. The summed E-state index contributed by atoms with van der Waals surface area (Å²) < 4.78 is 5.65. The van der Waals surface area contributed by atoms with E-state index in [0.717, 1.165) is 31.7 Å². The Labute approximate surface area is 149 Å². The number of rotatable bonds is 5. The molecule has 6 heteroatoms. The predicted octanol–water partition coefficient (Wildman–Crippen LogP) is 1.60. The van der Waals surface area contributed by atoms with Crippen molar-refractivity contribution < 1.29 is 14.3 Å². The summed E-state index contributed by atoms with van der Waals surface area (Å²) in [5.74, 6) is 1.31. The van der Waals surface area contributed by atoms with Gasteiger partial charge in [-0.1, -0.05) is 6.92 Å². The fraction of sp³-hybridized carbons (Fsp3) is 0.579. The fourth-order valence-electron chi connectivity index (χ4n) is 3.71. The van der Waals surface area contributed by atoms with E-state index in [1.54, 1.807) is 4.90 Å². The average molecular weight is 345 g/mol. The van der Waals surface area contributed by atoms with Crippen molar-refractivity contribution in [2.75, 3.05) is 45.2 Å². The van der Waals surface area contributed by atoms with Gasteiger partial charge in [-0.25, -0.2) is 0 Å². The molecule has 2 atom stereocenters. The Hall–Kier alpha value is -2.08. The summed E-state index contributed by atoms with van der Waals surface area (Å²) in [6, 6.07) is 7.81. The first kappa shape index (κ1) is 17.7. The highest BCUT2D eigenvalue weighted by Crippen LogP contribution is 2.24. The molecule has 1 aromatic rings. The number of ether oxygens (including phenoxy) is 1. The van der Waals surface area contributed by atoms with Gasteiger partial charge in [0.2, 0.25) is 5.91 Å². The number of likely N-dealkylation sites (tertiary alicyclic amines) is 1. The maximum Gasteiger partial charge on any atom is 0.260 e. The van der Waals surface area contributed by atoms with Crippen molar-refractivity contribution in [2.24, 2.45) is 5.92 Å². The third-order valence-electron chi connectivity index (χ3n) is 5.17.